The summed E-state index contributed by atoms with van der Waals surface area (Å²) in [6.45, 7) is 5.48. The van der Waals surface area contributed by atoms with Crippen LogP contribution in [0.2, 0.25) is 0 Å². The fraction of sp³-hybridized carbons (Fsp3) is 0.222. The number of aryl methyl sites for hydroxylation is 1. The molecule has 6 nitrogen and oxygen atoms in total. The van der Waals surface area contributed by atoms with E-state index in [1.165, 1.54) is 6.07 Å². The van der Waals surface area contributed by atoms with E-state index in [9.17, 15) is 13.2 Å². The van der Waals surface area contributed by atoms with Crippen LogP contribution < -0.4 is 10.1 Å². The maximum atomic E-state index is 12.1. The number of rotatable bonds is 3. The number of hydrogen-bond acceptors (Lipinski definition) is 4. The molecule has 1 aliphatic rings. The van der Waals surface area contributed by atoms with Crippen molar-refractivity contribution in [2.45, 2.75) is 25.7 Å². The van der Waals surface area contributed by atoms with Gasteiger partial charge in [0, 0.05) is 17.7 Å². The second kappa shape index (κ2) is 6.33. The highest BCUT2D eigenvalue weighted by molar-refractivity contribution is 7.90. The summed E-state index contributed by atoms with van der Waals surface area (Å²) in [5, 5.41) is 2.83. The van der Waals surface area contributed by atoms with Crippen LogP contribution in [0.3, 0.4) is 0 Å². The predicted octanol–water partition coefficient (Wildman–Crippen LogP) is 3.12. The third kappa shape index (κ3) is 3.41. The topological polar surface area (TPSA) is 84.8 Å². The quantitative estimate of drug-likeness (QED) is 0.913. The molecule has 0 saturated heterocycles. The molecule has 25 heavy (non-hydrogen) atoms. The summed E-state index contributed by atoms with van der Waals surface area (Å²) in [5.74, 6) is 0.169. The van der Waals surface area contributed by atoms with E-state index in [-0.39, 0.29) is 22.6 Å². The summed E-state index contributed by atoms with van der Waals surface area (Å²) in [6, 6.07) is 11.7. The molecule has 1 heterocycles. The van der Waals surface area contributed by atoms with Crippen LogP contribution in [0.15, 0.2) is 51.8 Å². The zero-order chi connectivity index (χ0) is 18.2. The van der Waals surface area contributed by atoms with Crippen LogP contribution in [0.1, 0.15) is 25.0 Å². The van der Waals surface area contributed by atoms with Crippen LogP contribution >= 0.6 is 0 Å². The normalized spacial score (nSPS) is 14.8. The number of carbonyl (C=O) groups excluding carboxylic acids is 1. The number of hydrogen-bond donors (Lipinski definition) is 1. The van der Waals surface area contributed by atoms with Gasteiger partial charge in [0.05, 0.1) is 5.56 Å². The van der Waals surface area contributed by atoms with E-state index in [0.717, 1.165) is 5.56 Å². The number of anilines is 1. The van der Waals surface area contributed by atoms with E-state index < -0.39 is 10.0 Å². The predicted molar refractivity (Wildman–Crippen MR) is 95.4 cm³/mol. The van der Waals surface area contributed by atoms with E-state index in [4.69, 9.17) is 4.74 Å². The smallest absolute Gasteiger partial charge is 0.286 e. The van der Waals surface area contributed by atoms with E-state index in [2.05, 4.69) is 9.71 Å². The molecule has 0 saturated carbocycles. The molecular weight excluding hydrogens is 340 g/mol. The highest BCUT2D eigenvalue weighted by Gasteiger charge is 2.30. The number of carbonyl (C=O) groups is 1. The molecule has 0 aromatic heterocycles. The van der Waals surface area contributed by atoms with Crippen LogP contribution in [-0.4, -0.2) is 20.2 Å². The van der Waals surface area contributed by atoms with Crippen molar-refractivity contribution in [1.82, 2.24) is 0 Å². The maximum Gasteiger partial charge on any atom is 0.286 e. The number of amides is 1. The van der Waals surface area contributed by atoms with E-state index in [1.807, 2.05) is 6.92 Å². The first-order chi connectivity index (χ1) is 11.8. The van der Waals surface area contributed by atoms with E-state index in [0.29, 0.717) is 17.0 Å². The molecule has 130 valence electrons. The molecule has 0 aliphatic carbocycles. The summed E-state index contributed by atoms with van der Waals surface area (Å²) >= 11 is 0. The Hall–Kier alpha value is -2.67. The lowest BCUT2D eigenvalue weighted by molar-refractivity contribution is -0.118. The zero-order valence-corrected chi connectivity index (χ0v) is 14.9. The van der Waals surface area contributed by atoms with Gasteiger partial charge in [0.15, 0.2) is 0 Å². The van der Waals surface area contributed by atoms with Gasteiger partial charge in [-0.3, -0.25) is 4.79 Å². The third-order valence-electron chi connectivity index (χ3n) is 3.80. The van der Waals surface area contributed by atoms with Gasteiger partial charge >= 0.3 is 0 Å². The van der Waals surface area contributed by atoms with E-state index >= 15 is 0 Å². The Morgan fingerprint density at radius 3 is 2.60 bits per heavy atom. The summed E-state index contributed by atoms with van der Waals surface area (Å²) in [5.41, 5.74) is 1.92. The minimum absolute atomic E-state index is 0.0283. The summed E-state index contributed by atoms with van der Waals surface area (Å²) < 4.78 is 33.5. The molecule has 2 aromatic carbocycles. The first kappa shape index (κ1) is 17.2. The molecule has 0 bridgehead atoms. The Bertz CT molecular complexity index is 978. The van der Waals surface area contributed by atoms with Gasteiger partial charge in [-0.2, -0.15) is 8.42 Å². The van der Waals surface area contributed by atoms with Crippen molar-refractivity contribution in [3.63, 3.8) is 0 Å². The largest absolute Gasteiger partial charge is 0.438 e. The number of sulfonamides is 1. The zero-order valence-electron chi connectivity index (χ0n) is 14.1. The average molecular weight is 358 g/mol. The summed E-state index contributed by atoms with van der Waals surface area (Å²) in [4.78, 5) is 12.0. The molecule has 3 rings (SSSR count). The first-order valence-corrected chi connectivity index (χ1v) is 9.25. The van der Waals surface area contributed by atoms with Gasteiger partial charge in [0.25, 0.3) is 10.0 Å². The molecule has 0 fully saturated rings. The second-order valence-electron chi connectivity index (χ2n) is 6.09. The molecular formula is C18H18N2O4S. The summed E-state index contributed by atoms with van der Waals surface area (Å²) in [7, 11) is -3.73. The summed E-state index contributed by atoms with van der Waals surface area (Å²) in [6.07, 6.45) is 0. The van der Waals surface area contributed by atoms with Crippen molar-refractivity contribution < 1.29 is 17.9 Å². The van der Waals surface area contributed by atoms with Crippen LogP contribution in [0.25, 0.3) is 0 Å². The molecule has 0 atom stereocenters. The van der Waals surface area contributed by atoms with Crippen molar-refractivity contribution in [3.8, 4) is 5.75 Å². The lowest BCUT2D eigenvalue weighted by Crippen LogP contribution is -2.18. The Morgan fingerprint density at radius 2 is 1.88 bits per heavy atom. The Morgan fingerprint density at radius 1 is 1.16 bits per heavy atom. The molecule has 1 amide bonds. The fourth-order valence-electron chi connectivity index (χ4n) is 2.34. The second-order valence-corrected chi connectivity index (χ2v) is 7.66. The van der Waals surface area contributed by atoms with Crippen LogP contribution in [0.5, 0.6) is 5.75 Å². The van der Waals surface area contributed by atoms with Crippen LogP contribution in [0.4, 0.5) is 5.69 Å². The molecule has 7 heteroatoms. The number of benzene rings is 2. The number of nitrogens with one attached hydrogen (secondary N) is 1. The molecule has 2 aromatic rings. The van der Waals surface area contributed by atoms with Gasteiger partial charge in [-0.15, -0.1) is 4.40 Å². The standard InChI is InChI=1S/C18H18N2O4S/c1-11(2)17(21)19-15-10-13(9-8-12(15)3)24-18-14-6-4-5-7-16(14)25(22,23)20-18/h4-11H,1-3H3,(H,19,21). The van der Waals surface area contributed by atoms with Gasteiger partial charge in [0.2, 0.25) is 11.8 Å². The molecule has 1 N–H and O–H groups in total. The fourth-order valence-corrected chi connectivity index (χ4v) is 3.47. The van der Waals surface area contributed by atoms with Crippen molar-refractivity contribution in [1.29, 1.82) is 0 Å². The minimum Gasteiger partial charge on any atom is -0.438 e. The minimum atomic E-state index is -3.73. The molecule has 0 radical (unpaired) electrons. The Labute approximate surface area is 146 Å². The lowest BCUT2D eigenvalue weighted by Gasteiger charge is -2.12. The third-order valence-corrected chi connectivity index (χ3v) is 5.12. The van der Waals surface area contributed by atoms with Gasteiger partial charge in [-0.1, -0.05) is 32.0 Å². The van der Waals surface area contributed by atoms with Crippen molar-refractivity contribution in [2.24, 2.45) is 10.3 Å². The first-order valence-electron chi connectivity index (χ1n) is 7.81. The maximum absolute atomic E-state index is 12.1. The highest BCUT2D eigenvalue weighted by Crippen LogP contribution is 2.29. The van der Waals surface area contributed by atoms with Gasteiger partial charge in [-0.25, -0.2) is 0 Å². The lowest BCUT2D eigenvalue weighted by atomic mass is 10.1. The van der Waals surface area contributed by atoms with Crippen LogP contribution in [-0.2, 0) is 14.8 Å². The average Bonchev–Trinajstić information content (AvgIpc) is 2.81. The monoisotopic (exact) mass is 358 g/mol. The number of ether oxygens (including phenoxy) is 1. The number of nitrogens with zero attached hydrogens (tertiary/aromatic N) is 1. The van der Waals surface area contributed by atoms with Crippen molar-refractivity contribution in [2.75, 3.05) is 5.32 Å². The van der Waals surface area contributed by atoms with Gasteiger partial charge in [-0.05, 0) is 30.7 Å². The molecule has 1 aliphatic heterocycles. The molecule has 0 unspecified atom stereocenters. The SMILES string of the molecule is Cc1ccc(OC2=NS(=O)(=O)c3ccccc32)cc1NC(=O)C(C)C. The highest BCUT2D eigenvalue weighted by atomic mass is 32.2. The van der Waals surface area contributed by atoms with Crippen molar-refractivity contribution in [3.05, 3.63) is 53.6 Å². The Balaban J connectivity index is 1.91. The number of fused-ring (bicyclic) bond motifs is 1. The van der Waals surface area contributed by atoms with Crippen LogP contribution in [0, 0.1) is 12.8 Å². The molecule has 0 spiro atoms. The van der Waals surface area contributed by atoms with Gasteiger partial charge < -0.3 is 10.1 Å². The van der Waals surface area contributed by atoms with Gasteiger partial charge in [0.1, 0.15) is 10.6 Å². The Kier molecular flexibility index (Phi) is 4.34. The van der Waals surface area contributed by atoms with Crippen molar-refractivity contribution >= 4 is 27.5 Å². The van der Waals surface area contributed by atoms with E-state index in [1.54, 1.807) is 50.2 Å².